The molecule has 0 heterocycles. The van der Waals surface area contributed by atoms with Gasteiger partial charge in [-0.2, -0.15) is 0 Å². The molecule has 0 bridgehead atoms. The number of allylic oxidation sites excluding steroid dienone is 3. The Balaban J connectivity index is 2.97. The fourth-order valence-electron chi connectivity index (χ4n) is 1.81. The second-order valence-corrected chi connectivity index (χ2v) is 6.51. The van der Waals surface area contributed by atoms with Crippen molar-refractivity contribution in [1.29, 1.82) is 0 Å². The molecule has 14 heavy (non-hydrogen) atoms. The molecule has 0 nitrogen and oxygen atoms in total. The van der Waals surface area contributed by atoms with Gasteiger partial charge in [0.15, 0.2) is 0 Å². The molecule has 0 aromatic carbocycles. The quantitative estimate of drug-likeness (QED) is 0.489. The summed E-state index contributed by atoms with van der Waals surface area (Å²) in [7, 11) is 0. The Morgan fingerprint density at radius 3 is 2.86 bits per heavy atom. The molecule has 0 amide bonds. The average Bonchev–Trinajstić information content (AvgIpc) is 2.09. The van der Waals surface area contributed by atoms with Gasteiger partial charge in [-0.1, -0.05) is 24.1 Å². The molecular weight excluding hydrogens is 304 g/mol. The lowest BCUT2D eigenvalue weighted by Crippen LogP contribution is -2.25. The topological polar surface area (TPSA) is 0 Å². The molecule has 0 unspecified atom stereocenters. The average molecular weight is 318 g/mol. The highest BCUT2D eigenvalue weighted by Gasteiger charge is 2.30. The van der Waals surface area contributed by atoms with E-state index in [0.717, 1.165) is 16.2 Å². The second kappa shape index (κ2) is 5.19. The van der Waals surface area contributed by atoms with Gasteiger partial charge < -0.3 is 0 Å². The molecule has 76 valence electrons. The van der Waals surface area contributed by atoms with Crippen LogP contribution in [0.15, 0.2) is 21.6 Å². The molecular formula is C12H14Br2. The molecule has 0 saturated carbocycles. The van der Waals surface area contributed by atoms with E-state index >= 15 is 0 Å². The summed E-state index contributed by atoms with van der Waals surface area (Å²) in [5.74, 6) is 6.77. The van der Waals surface area contributed by atoms with Crippen LogP contribution in [0, 0.1) is 23.2 Å². The van der Waals surface area contributed by atoms with Gasteiger partial charge in [0.25, 0.3) is 0 Å². The normalized spacial score (nSPS) is 30.4. The number of hydrogen-bond donors (Lipinski definition) is 0. The first kappa shape index (κ1) is 12.1. The summed E-state index contributed by atoms with van der Waals surface area (Å²) in [6.07, 6.45) is 8.92. The zero-order valence-electron chi connectivity index (χ0n) is 8.48. The van der Waals surface area contributed by atoms with Gasteiger partial charge in [-0.3, -0.25) is 0 Å². The second-order valence-electron chi connectivity index (χ2n) is 3.74. The largest absolute Gasteiger partial charge is 0.106 e. The van der Waals surface area contributed by atoms with E-state index in [-0.39, 0.29) is 5.41 Å². The van der Waals surface area contributed by atoms with Gasteiger partial charge in [0.1, 0.15) is 0 Å². The third kappa shape index (κ3) is 3.00. The third-order valence-electron chi connectivity index (χ3n) is 2.63. The molecule has 1 aliphatic carbocycles. The van der Waals surface area contributed by atoms with Crippen LogP contribution >= 0.6 is 31.9 Å². The first-order valence-electron chi connectivity index (χ1n) is 4.72. The van der Waals surface area contributed by atoms with Crippen molar-refractivity contribution in [2.75, 3.05) is 0 Å². The lowest BCUT2D eigenvalue weighted by molar-refractivity contribution is 0.335. The molecule has 2 atom stereocenters. The Morgan fingerprint density at radius 1 is 1.57 bits per heavy atom. The number of hydrogen-bond acceptors (Lipinski definition) is 0. The van der Waals surface area contributed by atoms with Crippen LogP contribution in [0.5, 0.6) is 0 Å². The minimum Gasteiger partial charge on any atom is -0.106 e. The van der Waals surface area contributed by atoms with E-state index in [4.69, 9.17) is 0 Å². The maximum Gasteiger partial charge on any atom is 0.0570 e. The highest BCUT2D eigenvalue weighted by atomic mass is 79.9. The maximum absolute atomic E-state index is 3.41. The highest BCUT2D eigenvalue weighted by Crippen LogP contribution is 2.39. The summed E-state index contributed by atoms with van der Waals surface area (Å²) in [6.45, 7) is 4.14. The SMILES string of the molecule is CC#C[C@]1(C)CCC=C[C@@H]1C=C(Br)Br. The van der Waals surface area contributed by atoms with Crippen molar-refractivity contribution in [3.63, 3.8) is 0 Å². The molecule has 0 aromatic rings. The monoisotopic (exact) mass is 316 g/mol. The minimum atomic E-state index is 0.0935. The summed E-state index contributed by atoms with van der Waals surface area (Å²) in [4.78, 5) is 0. The van der Waals surface area contributed by atoms with Gasteiger partial charge in [-0.15, -0.1) is 5.92 Å². The van der Waals surface area contributed by atoms with Crippen LogP contribution in [0.3, 0.4) is 0 Å². The summed E-state index contributed by atoms with van der Waals surface area (Å²) in [6, 6.07) is 0. The summed E-state index contributed by atoms with van der Waals surface area (Å²) in [5.41, 5.74) is 0.0935. The molecule has 0 N–H and O–H groups in total. The van der Waals surface area contributed by atoms with E-state index in [1.54, 1.807) is 0 Å². The predicted molar refractivity (Wildman–Crippen MR) is 69.4 cm³/mol. The smallest absolute Gasteiger partial charge is 0.0570 e. The first-order valence-corrected chi connectivity index (χ1v) is 6.30. The van der Waals surface area contributed by atoms with Crippen molar-refractivity contribution in [2.45, 2.75) is 26.7 Å². The highest BCUT2D eigenvalue weighted by molar-refractivity contribution is 9.28. The van der Waals surface area contributed by atoms with E-state index < -0.39 is 0 Å². The van der Waals surface area contributed by atoms with Crippen molar-refractivity contribution in [3.05, 3.63) is 21.6 Å². The molecule has 0 aliphatic heterocycles. The lowest BCUT2D eigenvalue weighted by atomic mass is 9.71. The molecule has 0 spiro atoms. The third-order valence-corrected chi connectivity index (χ3v) is 3.15. The number of halogens is 2. The van der Waals surface area contributed by atoms with Crippen LogP contribution in [-0.4, -0.2) is 0 Å². The zero-order valence-corrected chi connectivity index (χ0v) is 11.7. The summed E-state index contributed by atoms with van der Waals surface area (Å²) in [5, 5.41) is 0. The van der Waals surface area contributed by atoms with Crippen LogP contribution in [-0.2, 0) is 0 Å². The van der Waals surface area contributed by atoms with E-state index in [9.17, 15) is 0 Å². The van der Waals surface area contributed by atoms with Gasteiger partial charge in [-0.25, -0.2) is 0 Å². The van der Waals surface area contributed by atoms with E-state index in [0.29, 0.717) is 5.92 Å². The van der Waals surface area contributed by atoms with Crippen LogP contribution in [0.4, 0.5) is 0 Å². The molecule has 0 saturated heterocycles. The van der Waals surface area contributed by atoms with Crippen LogP contribution in [0.1, 0.15) is 26.7 Å². The standard InChI is InChI=1S/C12H14Br2/c1-3-7-12(2)8-5-4-6-10(12)9-11(13)14/h4,6,9-10H,5,8H2,1-2H3/t10-,12-/m1/s1. The molecule has 2 heteroatoms. The molecule has 0 aromatic heterocycles. The lowest BCUT2D eigenvalue weighted by Gasteiger charge is -2.32. The summed E-state index contributed by atoms with van der Waals surface area (Å²) < 4.78 is 1.01. The molecule has 0 fully saturated rings. The maximum atomic E-state index is 3.41. The van der Waals surface area contributed by atoms with Gasteiger partial charge in [0, 0.05) is 11.3 Å². The van der Waals surface area contributed by atoms with Crippen LogP contribution in [0.2, 0.25) is 0 Å². The Bertz CT molecular complexity index is 313. The van der Waals surface area contributed by atoms with E-state index in [2.05, 4.69) is 68.9 Å². The fraction of sp³-hybridized carbons (Fsp3) is 0.500. The molecule has 1 rings (SSSR count). The van der Waals surface area contributed by atoms with Gasteiger partial charge in [0.2, 0.25) is 0 Å². The first-order chi connectivity index (χ1) is 6.58. The fourth-order valence-corrected chi connectivity index (χ4v) is 2.38. The van der Waals surface area contributed by atoms with Gasteiger partial charge in [0.05, 0.1) is 3.39 Å². The van der Waals surface area contributed by atoms with Gasteiger partial charge >= 0.3 is 0 Å². The van der Waals surface area contributed by atoms with Crippen LogP contribution in [0.25, 0.3) is 0 Å². The van der Waals surface area contributed by atoms with E-state index in [1.807, 2.05) is 6.92 Å². The zero-order chi connectivity index (χ0) is 10.6. The van der Waals surface area contributed by atoms with Crippen molar-refractivity contribution in [1.82, 2.24) is 0 Å². The Morgan fingerprint density at radius 2 is 2.29 bits per heavy atom. The molecule has 0 radical (unpaired) electrons. The van der Waals surface area contributed by atoms with Crippen molar-refractivity contribution >= 4 is 31.9 Å². The minimum absolute atomic E-state index is 0.0935. The predicted octanol–water partition coefficient (Wildman–Crippen LogP) is 4.61. The van der Waals surface area contributed by atoms with Gasteiger partial charge in [-0.05, 0) is 58.5 Å². The Kier molecular flexibility index (Phi) is 4.47. The Labute approximate surface area is 103 Å². The molecule has 1 aliphatic rings. The summed E-state index contributed by atoms with van der Waals surface area (Å²) >= 11 is 6.82. The number of rotatable bonds is 1. The van der Waals surface area contributed by atoms with Crippen molar-refractivity contribution < 1.29 is 0 Å². The van der Waals surface area contributed by atoms with Crippen molar-refractivity contribution in [2.24, 2.45) is 11.3 Å². The van der Waals surface area contributed by atoms with Crippen molar-refractivity contribution in [3.8, 4) is 11.8 Å². The Hall–Kier alpha value is -0.000000000000000111. The van der Waals surface area contributed by atoms with Crippen LogP contribution < -0.4 is 0 Å². The van der Waals surface area contributed by atoms with E-state index in [1.165, 1.54) is 0 Å².